The van der Waals surface area contributed by atoms with Crippen LogP contribution in [-0.2, 0) is 9.59 Å². The van der Waals surface area contributed by atoms with E-state index in [9.17, 15) is 14.4 Å². The maximum atomic E-state index is 13.1. The number of nitrogen functional groups attached to an aromatic ring is 1. The van der Waals surface area contributed by atoms with Crippen LogP contribution >= 0.6 is 0 Å². The van der Waals surface area contributed by atoms with Crippen LogP contribution in [0.25, 0.3) is 17.1 Å². The van der Waals surface area contributed by atoms with Crippen molar-refractivity contribution in [2.24, 2.45) is 0 Å². The molecule has 0 radical (unpaired) electrons. The number of anilines is 1. The van der Waals surface area contributed by atoms with E-state index in [1.807, 2.05) is 6.07 Å². The fourth-order valence-electron chi connectivity index (χ4n) is 3.84. The monoisotopic (exact) mass is 472 g/mol. The highest BCUT2D eigenvalue weighted by Crippen LogP contribution is 2.35. The third-order valence-electron chi connectivity index (χ3n) is 5.72. The number of ketones is 1. The number of hydrogen-bond donors (Lipinski definition) is 1. The quantitative estimate of drug-likeness (QED) is 0.424. The minimum atomic E-state index is -0.816. The average Bonchev–Trinajstić information content (AvgIpc) is 2.92. The lowest BCUT2D eigenvalue weighted by atomic mass is 9.99. The molecule has 2 N–H and O–H groups in total. The molecule has 4 rings (SSSR count). The number of amides is 2. The maximum Gasteiger partial charge on any atom is 0.295 e. The lowest BCUT2D eigenvalue weighted by molar-refractivity contribution is -0.142. The summed E-state index contributed by atoms with van der Waals surface area (Å²) >= 11 is 0. The van der Waals surface area contributed by atoms with E-state index in [4.69, 9.17) is 10.5 Å². The van der Waals surface area contributed by atoms with Gasteiger partial charge >= 0.3 is 0 Å². The summed E-state index contributed by atoms with van der Waals surface area (Å²) in [6.45, 7) is 4.92. The highest BCUT2D eigenvalue weighted by molar-refractivity contribution is 6.53. The number of hydrogen-bond acceptors (Lipinski definition) is 8. The van der Waals surface area contributed by atoms with Crippen LogP contribution in [0, 0.1) is 0 Å². The van der Waals surface area contributed by atoms with Gasteiger partial charge < -0.3 is 20.3 Å². The number of pyridine rings is 1. The molecule has 1 aromatic carbocycles. The summed E-state index contributed by atoms with van der Waals surface area (Å²) in [4.78, 5) is 54.4. The van der Waals surface area contributed by atoms with Crippen LogP contribution in [0.3, 0.4) is 0 Å². The van der Waals surface area contributed by atoms with Gasteiger partial charge in [0.25, 0.3) is 17.6 Å². The van der Waals surface area contributed by atoms with Crippen molar-refractivity contribution in [2.45, 2.75) is 0 Å². The Morgan fingerprint density at radius 2 is 1.57 bits per heavy atom. The van der Waals surface area contributed by atoms with Gasteiger partial charge in [-0.3, -0.25) is 14.4 Å². The lowest BCUT2D eigenvalue weighted by Gasteiger charge is -2.34. The van der Waals surface area contributed by atoms with Crippen molar-refractivity contribution < 1.29 is 19.1 Å². The number of benzene rings is 1. The second-order valence-electron chi connectivity index (χ2n) is 7.79. The number of carbonyl (C=O) groups excluding carboxylic acids is 3. The third-order valence-corrected chi connectivity index (χ3v) is 5.72. The second-order valence-corrected chi connectivity index (χ2v) is 7.79. The molecule has 35 heavy (non-hydrogen) atoms. The Morgan fingerprint density at radius 1 is 0.943 bits per heavy atom. The maximum absolute atomic E-state index is 13.1. The zero-order chi connectivity index (χ0) is 24.9. The van der Waals surface area contributed by atoms with Gasteiger partial charge in [-0.15, -0.1) is 0 Å². The van der Waals surface area contributed by atoms with E-state index in [1.165, 1.54) is 18.2 Å². The molecule has 2 aromatic heterocycles. The van der Waals surface area contributed by atoms with E-state index >= 15 is 0 Å². The van der Waals surface area contributed by atoms with Gasteiger partial charge in [0, 0.05) is 49.7 Å². The molecule has 0 unspecified atom stereocenters. The van der Waals surface area contributed by atoms with Crippen molar-refractivity contribution in [3.8, 4) is 17.3 Å². The van der Waals surface area contributed by atoms with Crippen LogP contribution in [0.5, 0.6) is 5.75 Å². The molecule has 0 aliphatic carbocycles. The Hall–Kier alpha value is -4.60. The lowest BCUT2D eigenvalue weighted by Crippen LogP contribution is -2.52. The van der Waals surface area contributed by atoms with Gasteiger partial charge in [0.2, 0.25) is 0 Å². The van der Waals surface area contributed by atoms with Gasteiger partial charge in [-0.25, -0.2) is 15.0 Å². The third kappa shape index (κ3) is 4.72. The van der Waals surface area contributed by atoms with E-state index < -0.39 is 11.7 Å². The van der Waals surface area contributed by atoms with Crippen LogP contribution in [-0.4, -0.2) is 75.6 Å². The topological polar surface area (TPSA) is 132 Å². The molecule has 0 saturated carbocycles. The summed E-state index contributed by atoms with van der Waals surface area (Å²) in [5.41, 5.74) is 7.27. The number of carbonyl (C=O) groups is 3. The van der Waals surface area contributed by atoms with Crippen molar-refractivity contribution >= 4 is 28.9 Å². The van der Waals surface area contributed by atoms with Gasteiger partial charge in [-0.2, -0.15) is 0 Å². The Bertz CT molecular complexity index is 1270. The summed E-state index contributed by atoms with van der Waals surface area (Å²) in [6, 6.07) is 10.6. The molecular weight excluding hydrogens is 448 g/mol. The van der Waals surface area contributed by atoms with Crippen LogP contribution in [0.2, 0.25) is 0 Å². The van der Waals surface area contributed by atoms with E-state index in [1.54, 1.807) is 47.6 Å². The number of nitrogens with zero attached hydrogens (tertiary/aromatic N) is 5. The minimum Gasteiger partial charge on any atom is -0.494 e. The van der Waals surface area contributed by atoms with Gasteiger partial charge in [0.15, 0.2) is 5.82 Å². The smallest absolute Gasteiger partial charge is 0.295 e. The second kappa shape index (κ2) is 10.1. The number of Topliss-reactive ketones (excluding diaryl/α,β-unsaturated/α-hetero) is 1. The normalized spacial score (nSPS) is 13.3. The number of ether oxygens (including phenoxy) is 1. The van der Waals surface area contributed by atoms with Crippen molar-refractivity contribution in [1.82, 2.24) is 24.8 Å². The van der Waals surface area contributed by atoms with Crippen LogP contribution in [0.4, 0.5) is 5.69 Å². The summed E-state index contributed by atoms with van der Waals surface area (Å²) in [5, 5.41) is 0. The first-order valence-electron chi connectivity index (χ1n) is 10.9. The fraction of sp³-hybridized carbons (Fsp3) is 0.200. The summed E-state index contributed by atoms with van der Waals surface area (Å²) in [6.07, 6.45) is 4.46. The standard InChI is InChI=1S/C25H24N6O4/c1-16(19-18(35-2)15-29-21(20(19)26)23-27-9-6-10-28-23)22(32)25(34)31-13-11-30(12-14-31)24(33)17-7-4-3-5-8-17/h3-10,15H,1,11-14,26H2,2H3. The van der Waals surface area contributed by atoms with Crippen molar-refractivity contribution in [3.05, 3.63) is 72.7 Å². The number of nitrogens with two attached hydrogens (primary N) is 1. The first kappa shape index (κ1) is 23.6. The Labute approximate surface area is 202 Å². The zero-order valence-corrected chi connectivity index (χ0v) is 19.2. The summed E-state index contributed by atoms with van der Waals surface area (Å²) in [5.74, 6) is -1.19. The molecule has 178 valence electrons. The molecule has 3 heterocycles. The Morgan fingerprint density at radius 3 is 2.20 bits per heavy atom. The fourth-order valence-corrected chi connectivity index (χ4v) is 3.84. The Kier molecular flexibility index (Phi) is 6.81. The Balaban J connectivity index is 1.50. The molecule has 3 aromatic rings. The summed E-state index contributed by atoms with van der Waals surface area (Å²) in [7, 11) is 1.40. The number of piperazine rings is 1. The molecule has 10 nitrogen and oxygen atoms in total. The number of rotatable bonds is 6. The van der Waals surface area contributed by atoms with E-state index in [0.717, 1.165) is 0 Å². The van der Waals surface area contributed by atoms with Crippen LogP contribution in [0.1, 0.15) is 15.9 Å². The molecule has 2 amide bonds. The minimum absolute atomic E-state index is 0.0833. The molecule has 0 atom stereocenters. The number of methoxy groups -OCH3 is 1. The highest BCUT2D eigenvalue weighted by Gasteiger charge is 2.32. The SMILES string of the molecule is C=C(C(=O)C(=O)N1CCN(C(=O)c2ccccc2)CC1)c1c(OC)cnc(-c2ncccn2)c1N. The van der Waals surface area contributed by atoms with Gasteiger partial charge in [-0.1, -0.05) is 24.8 Å². The van der Waals surface area contributed by atoms with Gasteiger partial charge in [-0.05, 0) is 18.2 Å². The van der Waals surface area contributed by atoms with E-state index in [-0.39, 0.29) is 53.1 Å². The molecule has 1 aliphatic heterocycles. The molecule has 1 fully saturated rings. The van der Waals surface area contributed by atoms with E-state index in [0.29, 0.717) is 18.7 Å². The van der Waals surface area contributed by atoms with E-state index in [2.05, 4.69) is 21.5 Å². The zero-order valence-electron chi connectivity index (χ0n) is 19.2. The number of aromatic nitrogens is 3. The highest BCUT2D eigenvalue weighted by atomic mass is 16.5. The van der Waals surface area contributed by atoms with Crippen molar-refractivity contribution in [1.29, 1.82) is 0 Å². The molecular formula is C25H24N6O4. The van der Waals surface area contributed by atoms with Gasteiger partial charge in [0.1, 0.15) is 11.4 Å². The van der Waals surface area contributed by atoms with Crippen LogP contribution in [0.15, 0.2) is 61.6 Å². The van der Waals surface area contributed by atoms with Crippen molar-refractivity contribution in [3.63, 3.8) is 0 Å². The molecule has 10 heteroatoms. The predicted octanol–water partition coefficient (Wildman–Crippen LogP) is 1.70. The molecule has 0 bridgehead atoms. The molecule has 1 saturated heterocycles. The molecule has 1 aliphatic rings. The average molecular weight is 473 g/mol. The first-order valence-corrected chi connectivity index (χ1v) is 10.9. The van der Waals surface area contributed by atoms with Gasteiger partial charge in [0.05, 0.1) is 24.6 Å². The summed E-state index contributed by atoms with van der Waals surface area (Å²) < 4.78 is 5.33. The van der Waals surface area contributed by atoms with Crippen LogP contribution < -0.4 is 10.5 Å². The molecule has 0 spiro atoms. The predicted molar refractivity (Wildman–Crippen MR) is 129 cm³/mol. The van der Waals surface area contributed by atoms with Crippen molar-refractivity contribution in [2.75, 3.05) is 39.0 Å². The first-order chi connectivity index (χ1) is 16.9. The largest absolute Gasteiger partial charge is 0.494 e.